The van der Waals surface area contributed by atoms with Crippen molar-refractivity contribution in [1.82, 2.24) is 9.80 Å². The van der Waals surface area contributed by atoms with Crippen LogP contribution in [-0.2, 0) is 0 Å². The van der Waals surface area contributed by atoms with E-state index < -0.39 is 31.1 Å². The van der Waals surface area contributed by atoms with Gasteiger partial charge in [-0.2, -0.15) is 0 Å². The smallest absolute Gasteiger partial charge is 0.261 e. The van der Waals surface area contributed by atoms with Crippen LogP contribution in [-0.4, -0.2) is 68.9 Å². The Morgan fingerprint density at radius 2 is 0.810 bits per heavy atom. The van der Waals surface area contributed by atoms with Crippen LogP contribution < -0.4 is 0 Å². The number of imide groups is 2. The van der Waals surface area contributed by atoms with Crippen molar-refractivity contribution >= 4 is 66.7 Å². The molecule has 0 saturated carbocycles. The molecule has 5 aromatic carbocycles. The molecule has 7 rings (SSSR count). The topological polar surface area (TPSA) is 115 Å². The lowest BCUT2D eigenvalue weighted by atomic mass is 9.82. The third kappa shape index (κ3) is 3.30. The molecule has 8 nitrogen and oxygen atoms in total. The van der Waals surface area contributed by atoms with Crippen LogP contribution in [0.1, 0.15) is 81.0 Å². The minimum absolute atomic E-state index is 0.154. The number of hydrogen-bond donors (Lipinski definition) is 2. The van der Waals surface area contributed by atoms with E-state index in [1.54, 1.807) is 24.3 Å². The Hall–Kier alpha value is -4.40. The van der Waals surface area contributed by atoms with Gasteiger partial charge in [-0.25, -0.2) is 0 Å². The van der Waals surface area contributed by atoms with E-state index in [9.17, 15) is 29.4 Å². The zero-order valence-electron chi connectivity index (χ0n) is 23.4. The summed E-state index contributed by atoms with van der Waals surface area (Å²) in [5.74, 6) is -1.66. The first-order valence-corrected chi connectivity index (χ1v) is 14.5. The first-order chi connectivity index (χ1) is 20.4. The molecule has 0 radical (unpaired) electrons. The highest BCUT2D eigenvalue weighted by molar-refractivity contribution is 6.41. The normalized spacial score (nSPS) is 15.3. The molecule has 0 bridgehead atoms. The molecule has 4 amide bonds. The summed E-state index contributed by atoms with van der Waals surface area (Å²) < 4.78 is 0. The quantitative estimate of drug-likeness (QED) is 0.152. The minimum Gasteiger partial charge on any atom is -0.394 e. The van der Waals surface area contributed by atoms with Crippen molar-refractivity contribution < 1.29 is 29.4 Å². The standard InChI is InChI=1S/C34H30N2O6/c1-3-5-17(6-4-2)35-31(39)23-11-7-19-21-9-13-25-30-26(34(42)36(33(25)41)18(15-37)16-38)14-10-22(28(21)30)20-8-12-24(32(35)40)29(23)27(19)20/h7-14,17-18,37-38H,3-6,15-16H2,1-2H3. The summed E-state index contributed by atoms with van der Waals surface area (Å²) >= 11 is 0. The van der Waals surface area contributed by atoms with Gasteiger partial charge in [0.25, 0.3) is 23.6 Å². The number of benzene rings is 5. The van der Waals surface area contributed by atoms with E-state index in [0.29, 0.717) is 33.0 Å². The Morgan fingerprint density at radius 3 is 1.10 bits per heavy atom. The van der Waals surface area contributed by atoms with Crippen LogP contribution in [0.5, 0.6) is 0 Å². The van der Waals surface area contributed by atoms with E-state index in [0.717, 1.165) is 62.9 Å². The highest BCUT2D eigenvalue weighted by atomic mass is 16.3. The van der Waals surface area contributed by atoms with Gasteiger partial charge in [0.2, 0.25) is 0 Å². The molecule has 0 spiro atoms. The SMILES string of the molecule is CCCC(CCC)N1C(=O)c2ccc3c4ccc5c6c(ccc(c7ccc(c2c37)C1=O)c64)C(=O)N(C(CO)CO)C5=O. The fraction of sp³-hybridized carbons (Fsp3) is 0.294. The van der Waals surface area contributed by atoms with Crippen LogP contribution in [0.2, 0.25) is 0 Å². The van der Waals surface area contributed by atoms with Gasteiger partial charge in [-0.1, -0.05) is 51.0 Å². The van der Waals surface area contributed by atoms with Crippen molar-refractivity contribution in [2.75, 3.05) is 13.2 Å². The van der Waals surface area contributed by atoms with Crippen LogP contribution in [0, 0.1) is 0 Å². The highest BCUT2D eigenvalue weighted by Gasteiger charge is 2.40. The number of aliphatic hydroxyl groups excluding tert-OH is 2. The molecule has 2 heterocycles. The van der Waals surface area contributed by atoms with Crippen LogP contribution in [0.15, 0.2) is 48.5 Å². The molecule has 0 fully saturated rings. The zero-order valence-corrected chi connectivity index (χ0v) is 23.4. The maximum Gasteiger partial charge on any atom is 0.261 e. The fourth-order valence-corrected chi connectivity index (χ4v) is 7.26. The van der Waals surface area contributed by atoms with E-state index in [1.807, 2.05) is 24.3 Å². The zero-order chi connectivity index (χ0) is 29.4. The second-order valence-corrected chi connectivity index (χ2v) is 11.4. The van der Waals surface area contributed by atoms with Crippen molar-refractivity contribution in [2.45, 2.75) is 51.6 Å². The molecule has 0 saturated heterocycles. The third-order valence-electron chi connectivity index (χ3n) is 9.09. The van der Waals surface area contributed by atoms with Gasteiger partial charge >= 0.3 is 0 Å². The van der Waals surface area contributed by atoms with E-state index >= 15 is 0 Å². The van der Waals surface area contributed by atoms with Crippen LogP contribution in [0.4, 0.5) is 0 Å². The number of rotatable bonds is 8. The molecule has 42 heavy (non-hydrogen) atoms. The lowest BCUT2D eigenvalue weighted by Gasteiger charge is -2.34. The van der Waals surface area contributed by atoms with Crippen LogP contribution >= 0.6 is 0 Å². The molecule has 8 heteroatoms. The highest BCUT2D eigenvalue weighted by Crippen LogP contribution is 2.46. The summed E-state index contributed by atoms with van der Waals surface area (Å²) in [7, 11) is 0. The third-order valence-corrected chi connectivity index (χ3v) is 9.09. The lowest BCUT2D eigenvalue weighted by Crippen LogP contribution is -2.50. The maximum atomic E-state index is 13.9. The summed E-state index contributed by atoms with van der Waals surface area (Å²) in [4.78, 5) is 57.3. The van der Waals surface area contributed by atoms with Gasteiger partial charge in [-0.05, 0) is 69.4 Å². The Kier molecular flexibility index (Phi) is 6.04. The molecule has 2 aliphatic rings. The maximum absolute atomic E-state index is 13.9. The predicted octanol–water partition coefficient (Wildman–Crippen LogP) is 5.25. The Morgan fingerprint density at radius 1 is 0.500 bits per heavy atom. The summed E-state index contributed by atoms with van der Waals surface area (Å²) in [6.45, 7) is 3.03. The van der Waals surface area contributed by atoms with Crippen molar-refractivity contribution in [2.24, 2.45) is 0 Å². The average Bonchev–Trinajstić information content (AvgIpc) is 3.00. The number of fused-ring (bicyclic) bond motifs is 2. The summed E-state index contributed by atoms with van der Waals surface area (Å²) in [6, 6.07) is 13.3. The minimum atomic E-state index is -1.04. The Labute approximate surface area is 241 Å². The number of nitrogens with zero attached hydrogens (tertiary/aromatic N) is 2. The number of carbonyl (C=O) groups excluding carboxylic acids is 4. The van der Waals surface area contributed by atoms with Gasteiger partial charge in [0.1, 0.15) is 0 Å². The Balaban J connectivity index is 1.51. The number of aliphatic hydroxyl groups is 2. The first kappa shape index (κ1) is 26.5. The van der Waals surface area contributed by atoms with Crippen molar-refractivity contribution in [3.8, 4) is 0 Å². The van der Waals surface area contributed by atoms with Crippen LogP contribution in [0.3, 0.4) is 0 Å². The van der Waals surface area contributed by atoms with E-state index in [4.69, 9.17) is 0 Å². The first-order valence-electron chi connectivity index (χ1n) is 14.5. The van der Waals surface area contributed by atoms with Gasteiger partial charge in [0.05, 0.1) is 19.3 Å². The second kappa shape index (κ2) is 9.58. The second-order valence-electron chi connectivity index (χ2n) is 11.4. The molecular weight excluding hydrogens is 532 g/mol. The molecule has 2 aliphatic heterocycles. The van der Waals surface area contributed by atoms with Crippen molar-refractivity contribution in [1.29, 1.82) is 0 Å². The van der Waals surface area contributed by atoms with Crippen LogP contribution in [0.25, 0.3) is 43.1 Å². The van der Waals surface area contributed by atoms with Gasteiger partial charge in [-0.3, -0.25) is 29.0 Å². The molecule has 2 N–H and O–H groups in total. The van der Waals surface area contributed by atoms with Gasteiger partial charge in [-0.15, -0.1) is 0 Å². The van der Waals surface area contributed by atoms with Gasteiger partial charge in [0, 0.05) is 39.1 Å². The molecule has 5 aromatic rings. The van der Waals surface area contributed by atoms with E-state index in [-0.39, 0.29) is 17.9 Å². The molecule has 0 atom stereocenters. The summed E-state index contributed by atoms with van der Waals surface area (Å²) in [6.07, 6.45) is 3.25. The van der Waals surface area contributed by atoms with E-state index in [2.05, 4.69) is 13.8 Å². The average molecular weight is 563 g/mol. The molecule has 0 aliphatic carbocycles. The largest absolute Gasteiger partial charge is 0.394 e. The molecular formula is C34H30N2O6. The number of amides is 4. The van der Waals surface area contributed by atoms with E-state index in [1.165, 1.54) is 4.90 Å². The number of hydrogen-bond acceptors (Lipinski definition) is 6. The molecule has 0 aromatic heterocycles. The molecule has 0 unspecified atom stereocenters. The lowest BCUT2D eigenvalue weighted by molar-refractivity contribution is 0.0374. The van der Waals surface area contributed by atoms with Crippen molar-refractivity contribution in [3.63, 3.8) is 0 Å². The van der Waals surface area contributed by atoms with Gasteiger partial charge in [0.15, 0.2) is 0 Å². The predicted molar refractivity (Wildman–Crippen MR) is 160 cm³/mol. The monoisotopic (exact) mass is 562 g/mol. The van der Waals surface area contributed by atoms with Gasteiger partial charge < -0.3 is 10.2 Å². The number of carbonyl (C=O) groups is 4. The Bertz CT molecular complexity index is 1870. The summed E-state index contributed by atoms with van der Waals surface area (Å²) in [5.41, 5.74) is 1.67. The van der Waals surface area contributed by atoms with Crippen molar-refractivity contribution in [3.05, 3.63) is 70.8 Å². The summed E-state index contributed by atoms with van der Waals surface area (Å²) in [5, 5.41) is 25.5. The molecule has 212 valence electrons. The fourth-order valence-electron chi connectivity index (χ4n) is 7.26.